The zero-order chi connectivity index (χ0) is 30.4. The van der Waals surface area contributed by atoms with Crippen molar-refractivity contribution in [1.82, 2.24) is 25.2 Å². The number of pyridine rings is 1. The van der Waals surface area contributed by atoms with Crippen LogP contribution in [0.4, 0.5) is 19.0 Å². The fourth-order valence-corrected chi connectivity index (χ4v) is 7.12. The number of rotatable bonds is 6. The van der Waals surface area contributed by atoms with Crippen LogP contribution in [0.3, 0.4) is 0 Å². The van der Waals surface area contributed by atoms with E-state index in [2.05, 4.69) is 32.2 Å². The van der Waals surface area contributed by atoms with E-state index >= 15 is 4.39 Å². The van der Waals surface area contributed by atoms with Gasteiger partial charge in [-0.3, -0.25) is 9.88 Å². The van der Waals surface area contributed by atoms with Gasteiger partial charge in [-0.1, -0.05) is 30.2 Å². The van der Waals surface area contributed by atoms with E-state index in [4.69, 9.17) is 16.1 Å². The van der Waals surface area contributed by atoms with Crippen molar-refractivity contribution < 1.29 is 17.9 Å². The molecule has 0 spiro atoms. The molecule has 2 aromatic heterocycles. The first-order valence-corrected chi connectivity index (χ1v) is 14.8. The smallest absolute Gasteiger partial charge is 0.319 e. The number of piperazine rings is 1. The summed E-state index contributed by atoms with van der Waals surface area (Å²) < 4.78 is 52.0. The molecular formula is C33H30F3N7O. The fourth-order valence-electron chi connectivity index (χ4n) is 7.12. The fraction of sp³-hybridized carbons (Fsp3) is 0.394. The number of benzene rings is 2. The van der Waals surface area contributed by atoms with Crippen LogP contribution in [-0.4, -0.2) is 76.9 Å². The van der Waals surface area contributed by atoms with Crippen LogP contribution >= 0.6 is 0 Å². The standard InChI is InChI=1S/C33H30F3N7O/c1-2-23-26(35)8-7-20-5-3-6-24(27(20)23)29-28(36)30-25(16-39-29)31(42-14-12-38-22(18-42)9-11-37)41-32(40-30)44-19-33-10-4-13-43(33)17-21(34)15-33/h1,3,5-8,16,21-22,38H,4,9-10,12-15,17-19H2/t21-,22?,33+/m1/s1. The molecule has 3 aliphatic rings. The minimum atomic E-state index is -0.922. The topological polar surface area (TPSA) is 90.2 Å². The van der Waals surface area contributed by atoms with Crippen molar-refractivity contribution in [2.75, 3.05) is 44.2 Å². The molecule has 0 radical (unpaired) electrons. The first-order chi connectivity index (χ1) is 21.4. The highest BCUT2D eigenvalue weighted by molar-refractivity contribution is 6.02. The number of hydrogen-bond acceptors (Lipinski definition) is 8. The summed E-state index contributed by atoms with van der Waals surface area (Å²) in [4.78, 5) is 17.9. The van der Waals surface area contributed by atoms with E-state index in [0.29, 0.717) is 66.6 Å². The number of nitriles is 1. The van der Waals surface area contributed by atoms with Gasteiger partial charge in [0.25, 0.3) is 0 Å². The maximum Gasteiger partial charge on any atom is 0.319 e. The number of hydrogen-bond donors (Lipinski definition) is 1. The molecule has 4 aromatic rings. The third-order valence-corrected chi connectivity index (χ3v) is 9.16. The van der Waals surface area contributed by atoms with Crippen molar-refractivity contribution in [2.24, 2.45) is 0 Å². The predicted octanol–water partition coefficient (Wildman–Crippen LogP) is 4.75. The zero-order valence-electron chi connectivity index (χ0n) is 24.0. The van der Waals surface area contributed by atoms with Crippen LogP contribution in [-0.2, 0) is 0 Å². The molecule has 0 aliphatic carbocycles. The number of halogens is 3. The van der Waals surface area contributed by atoms with Crippen LogP contribution in [0.2, 0.25) is 0 Å². The molecule has 1 unspecified atom stereocenters. The molecule has 0 bridgehead atoms. The van der Waals surface area contributed by atoms with Crippen molar-refractivity contribution >= 4 is 27.5 Å². The van der Waals surface area contributed by atoms with Crippen LogP contribution in [0.1, 0.15) is 31.2 Å². The van der Waals surface area contributed by atoms with Crippen LogP contribution in [0.15, 0.2) is 36.5 Å². The summed E-state index contributed by atoms with van der Waals surface area (Å²) in [5.74, 6) is 1.55. The number of alkyl halides is 1. The van der Waals surface area contributed by atoms with Crippen molar-refractivity contribution in [1.29, 1.82) is 5.26 Å². The summed E-state index contributed by atoms with van der Waals surface area (Å²) in [5.41, 5.74) is -0.101. The van der Waals surface area contributed by atoms with Crippen molar-refractivity contribution in [3.63, 3.8) is 0 Å². The van der Waals surface area contributed by atoms with Gasteiger partial charge in [-0.2, -0.15) is 15.2 Å². The van der Waals surface area contributed by atoms with Gasteiger partial charge in [0, 0.05) is 55.8 Å². The van der Waals surface area contributed by atoms with Crippen LogP contribution in [0.5, 0.6) is 6.01 Å². The van der Waals surface area contributed by atoms with E-state index in [1.165, 1.54) is 12.3 Å². The third-order valence-electron chi connectivity index (χ3n) is 9.16. The van der Waals surface area contributed by atoms with Crippen LogP contribution in [0, 0.1) is 35.3 Å². The van der Waals surface area contributed by atoms with Gasteiger partial charge in [0.05, 0.1) is 29.0 Å². The molecule has 8 nitrogen and oxygen atoms in total. The molecule has 3 saturated heterocycles. The van der Waals surface area contributed by atoms with Gasteiger partial charge in [0.1, 0.15) is 35.6 Å². The molecule has 2 aromatic carbocycles. The normalized spacial score (nSPS) is 23.5. The van der Waals surface area contributed by atoms with Gasteiger partial charge in [-0.15, -0.1) is 6.42 Å². The minimum absolute atomic E-state index is 0.00315. The van der Waals surface area contributed by atoms with E-state index in [-0.39, 0.29) is 35.4 Å². The summed E-state index contributed by atoms with van der Waals surface area (Å²) in [6, 6.07) is 10.2. The summed E-state index contributed by atoms with van der Waals surface area (Å²) >= 11 is 0. The first-order valence-electron chi connectivity index (χ1n) is 14.8. The second-order valence-corrected chi connectivity index (χ2v) is 11.8. The average Bonchev–Trinajstić information content (AvgIpc) is 3.56. The van der Waals surface area contributed by atoms with Gasteiger partial charge in [0.2, 0.25) is 0 Å². The Balaban J connectivity index is 1.36. The number of ether oxygens (including phenoxy) is 1. The van der Waals surface area contributed by atoms with Gasteiger partial charge in [-0.05, 0) is 30.8 Å². The molecule has 3 atom stereocenters. The summed E-state index contributed by atoms with van der Waals surface area (Å²) in [6.07, 6.45) is 8.71. The van der Waals surface area contributed by atoms with Gasteiger partial charge < -0.3 is 15.0 Å². The van der Waals surface area contributed by atoms with E-state index in [0.717, 1.165) is 19.4 Å². The number of nitrogens with zero attached hydrogens (tertiary/aromatic N) is 6. The molecule has 3 aliphatic heterocycles. The molecule has 0 saturated carbocycles. The van der Waals surface area contributed by atoms with E-state index < -0.39 is 23.3 Å². The van der Waals surface area contributed by atoms with Crippen molar-refractivity contribution in [3.8, 4) is 35.7 Å². The highest BCUT2D eigenvalue weighted by Gasteiger charge is 2.49. The number of nitrogens with one attached hydrogen (secondary N) is 1. The summed E-state index contributed by atoms with van der Waals surface area (Å²) in [5, 5.41) is 14.0. The highest BCUT2D eigenvalue weighted by atomic mass is 19.1. The van der Waals surface area contributed by atoms with Crippen LogP contribution < -0.4 is 15.0 Å². The first kappa shape index (κ1) is 28.3. The third kappa shape index (κ3) is 4.77. The highest BCUT2D eigenvalue weighted by Crippen LogP contribution is 2.41. The lowest BCUT2D eigenvalue weighted by Gasteiger charge is -2.34. The van der Waals surface area contributed by atoms with Crippen LogP contribution in [0.25, 0.3) is 32.9 Å². The monoisotopic (exact) mass is 597 g/mol. The molecule has 1 N–H and O–H groups in total. The molecule has 224 valence electrons. The van der Waals surface area contributed by atoms with Gasteiger partial charge >= 0.3 is 6.01 Å². The van der Waals surface area contributed by atoms with Gasteiger partial charge in [-0.25, -0.2) is 13.2 Å². The molecule has 3 fully saturated rings. The summed E-state index contributed by atoms with van der Waals surface area (Å²) in [6.45, 7) is 3.01. The Hall–Kier alpha value is -4.45. The maximum absolute atomic E-state index is 16.7. The Labute approximate surface area is 252 Å². The van der Waals surface area contributed by atoms with Gasteiger partial charge in [0.15, 0.2) is 5.82 Å². The Morgan fingerprint density at radius 3 is 2.89 bits per heavy atom. The van der Waals surface area contributed by atoms with E-state index in [9.17, 15) is 14.0 Å². The maximum atomic E-state index is 16.7. The lowest BCUT2D eigenvalue weighted by atomic mass is 9.95. The van der Waals surface area contributed by atoms with Crippen molar-refractivity contribution in [2.45, 2.75) is 43.4 Å². The number of anilines is 1. The Morgan fingerprint density at radius 2 is 2.05 bits per heavy atom. The SMILES string of the molecule is C#Cc1c(F)ccc2cccc(-c3ncc4c(N5CCNC(CC#N)C5)nc(OC[C@@]56CCCN5C[C@H](F)C6)nc4c3F)c12. The molecular weight excluding hydrogens is 567 g/mol. The van der Waals surface area contributed by atoms with E-state index in [1.807, 2.05) is 4.90 Å². The summed E-state index contributed by atoms with van der Waals surface area (Å²) in [7, 11) is 0. The lowest BCUT2D eigenvalue weighted by molar-refractivity contribution is 0.107. The second kappa shape index (κ2) is 11.2. The quantitative estimate of drug-likeness (QED) is 0.319. The average molecular weight is 598 g/mol. The molecule has 44 heavy (non-hydrogen) atoms. The Bertz CT molecular complexity index is 1850. The zero-order valence-corrected chi connectivity index (χ0v) is 24.0. The predicted molar refractivity (Wildman–Crippen MR) is 161 cm³/mol. The largest absolute Gasteiger partial charge is 0.461 e. The lowest BCUT2D eigenvalue weighted by Crippen LogP contribution is -2.51. The Morgan fingerprint density at radius 1 is 1.16 bits per heavy atom. The Kier molecular flexibility index (Phi) is 7.23. The second-order valence-electron chi connectivity index (χ2n) is 11.8. The molecule has 7 rings (SSSR count). The van der Waals surface area contributed by atoms with E-state index in [1.54, 1.807) is 24.3 Å². The number of aromatic nitrogens is 3. The molecule has 11 heteroatoms. The molecule has 5 heterocycles. The number of fused-ring (bicyclic) bond motifs is 3. The number of terminal acetylenes is 1. The minimum Gasteiger partial charge on any atom is -0.461 e. The molecule has 0 amide bonds. The van der Waals surface area contributed by atoms with Crippen molar-refractivity contribution in [3.05, 3.63) is 53.7 Å².